The van der Waals surface area contributed by atoms with Crippen LogP contribution >= 0.6 is 0 Å². The lowest BCUT2D eigenvalue weighted by atomic mass is 9.89. The lowest BCUT2D eigenvalue weighted by Crippen LogP contribution is -2.46. The van der Waals surface area contributed by atoms with Crippen LogP contribution in [-0.2, 0) is 22.6 Å². The number of esters is 1. The van der Waals surface area contributed by atoms with Gasteiger partial charge in [-0.3, -0.25) is 9.69 Å². The highest BCUT2D eigenvalue weighted by Gasteiger charge is 2.28. The van der Waals surface area contributed by atoms with Crippen molar-refractivity contribution in [1.29, 1.82) is 0 Å². The van der Waals surface area contributed by atoms with Gasteiger partial charge in [0.25, 0.3) is 0 Å². The van der Waals surface area contributed by atoms with Crippen LogP contribution < -0.4 is 5.32 Å². The minimum absolute atomic E-state index is 0.183. The summed E-state index contributed by atoms with van der Waals surface area (Å²) in [5.74, 6) is -0.183. The number of carbonyl (C=O) groups is 1. The number of nitrogens with one attached hydrogen (secondary N) is 1. The van der Waals surface area contributed by atoms with Crippen molar-refractivity contribution in [1.82, 2.24) is 10.2 Å². The Morgan fingerprint density at radius 2 is 1.46 bits per heavy atom. The average Bonchev–Trinajstić information content (AvgIpc) is 2.74. The first-order valence-corrected chi connectivity index (χ1v) is 10.3. The van der Waals surface area contributed by atoms with E-state index in [-0.39, 0.29) is 12.0 Å². The number of carbonyl (C=O) groups excluding carboxylic acids is 1. The summed E-state index contributed by atoms with van der Waals surface area (Å²) in [5.41, 5.74) is 2.72. The van der Waals surface area contributed by atoms with Crippen LogP contribution in [0.15, 0.2) is 60.7 Å². The zero-order valence-electron chi connectivity index (χ0n) is 17.0. The fourth-order valence-corrected chi connectivity index (χ4v) is 4.16. The van der Waals surface area contributed by atoms with E-state index in [1.807, 2.05) is 6.92 Å². The van der Waals surface area contributed by atoms with E-state index in [4.69, 9.17) is 4.74 Å². The molecule has 1 atom stereocenters. The van der Waals surface area contributed by atoms with Crippen molar-refractivity contribution >= 4 is 5.97 Å². The van der Waals surface area contributed by atoms with Crippen molar-refractivity contribution in [2.45, 2.75) is 63.8 Å². The summed E-state index contributed by atoms with van der Waals surface area (Å²) in [4.78, 5) is 14.3. The summed E-state index contributed by atoms with van der Waals surface area (Å²) in [5, 5.41) is 3.44. The van der Waals surface area contributed by atoms with Crippen LogP contribution in [0.25, 0.3) is 0 Å². The van der Waals surface area contributed by atoms with Crippen molar-refractivity contribution in [3.05, 3.63) is 71.8 Å². The van der Waals surface area contributed by atoms with Crippen LogP contribution in [0.2, 0.25) is 0 Å². The summed E-state index contributed by atoms with van der Waals surface area (Å²) in [7, 11) is 1.45. The van der Waals surface area contributed by atoms with Crippen LogP contribution in [0.3, 0.4) is 0 Å². The molecule has 1 unspecified atom stereocenters. The normalized spacial score (nSPS) is 20.7. The molecule has 0 heterocycles. The Bertz CT molecular complexity index is 670. The van der Waals surface area contributed by atoms with Gasteiger partial charge in [0.1, 0.15) is 6.04 Å². The molecule has 0 bridgehead atoms. The zero-order chi connectivity index (χ0) is 19.8. The summed E-state index contributed by atoms with van der Waals surface area (Å²) in [6, 6.07) is 22.2. The molecule has 0 aliphatic heterocycles. The monoisotopic (exact) mass is 380 g/mol. The van der Waals surface area contributed by atoms with E-state index in [0.717, 1.165) is 38.8 Å². The first-order chi connectivity index (χ1) is 13.7. The second kappa shape index (κ2) is 10.4. The third kappa shape index (κ3) is 5.91. The Hall–Kier alpha value is -2.17. The highest BCUT2D eigenvalue weighted by molar-refractivity contribution is 5.75. The van der Waals surface area contributed by atoms with Gasteiger partial charge in [0, 0.05) is 25.2 Å². The summed E-state index contributed by atoms with van der Waals surface area (Å²) >= 11 is 0. The fraction of sp³-hybridized carbons (Fsp3) is 0.458. The van der Waals surface area contributed by atoms with E-state index in [1.54, 1.807) is 0 Å². The lowest BCUT2D eigenvalue weighted by molar-refractivity contribution is -0.142. The highest BCUT2D eigenvalue weighted by Crippen LogP contribution is 2.26. The third-order valence-corrected chi connectivity index (χ3v) is 5.71. The average molecular weight is 381 g/mol. The Kier molecular flexibility index (Phi) is 7.63. The number of hydrogen-bond acceptors (Lipinski definition) is 4. The molecule has 2 aromatic rings. The molecule has 2 aromatic carbocycles. The molecule has 0 radical (unpaired) electrons. The minimum Gasteiger partial charge on any atom is -0.468 e. The molecule has 0 saturated heterocycles. The van der Waals surface area contributed by atoms with Gasteiger partial charge in [-0.25, -0.2) is 0 Å². The highest BCUT2D eigenvalue weighted by atomic mass is 16.5. The molecule has 1 aliphatic carbocycles. The smallest absolute Gasteiger partial charge is 0.322 e. The van der Waals surface area contributed by atoms with Gasteiger partial charge in [-0.1, -0.05) is 60.7 Å². The number of rotatable bonds is 8. The fourth-order valence-electron chi connectivity index (χ4n) is 4.16. The molecule has 150 valence electrons. The molecule has 1 N–H and O–H groups in total. The van der Waals surface area contributed by atoms with Crippen molar-refractivity contribution in [3.8, 4) is 0 Å². The molecule has 1 aliphatic rings. The second-order valence-electron chi connectivity index (χ2n) is 7.79. The van der Waals surface area contributed by atoms with Crippen LogP contribution in [-0.4, -0.2) is 36.1 Å². The molecular weight excluding hydrogens is 348 g/mol. The Labute approximate surface area is 168 Å². The molecule has 28 heavy (non-hydrogen) atoms. The molecule has 1 fully saturated rings. The summed E-state index contributed by atoms with van der Waals surface area (Å²) in [6.45, 7) is 3.82. The van der Waals surface area contributed by atoms with E-state index >= 15 is 0 Å². The third-order valence-electron chi connectivity index (χ3n) is 5.71. The van der Waals surface area contributed by atoms with E-state index in [0.29, 0.717) is 12.1 Å². The largest absolute Gasteiger partial charge is 0.468 e. The molecule has 4 nitrogen and oxygen atoms in total. The maximum Gasteiger partial charge on any atom is 0.322 e. The van der Waals surface area contributed by atoms with Gasteiger partial charge < -0.3 is 10.1 Å². The Balaban J connectivity index is 1.61. The van der Waals surface area contributed by atoms with Gasteiger partial charge in [0.15, 0.2) is 0 Å². The lowest BCUT2D eigenvalue weighted by Gasteiger charge is -2.38. The van der Waals surface area contributed by atoms with Crippen molar-refractivity contribution < 1.29 is 9.53 Å². The first kappa shape index (κ1) is 20.6. The van der Waals surface area contributed by atoms with Gasteiger partial charge >= 0.3 is 5.97 Å². The molecule has 4 heteroatoms. The number of nitrogens with zero attached hydrogens (tertiary/aromatic N) is 1. The molecule has 1 saturated carbocycles. The Morgan fingerprint density at radius 1 is 0.964 bits per heavy atom. The van der Waals surface area contributed by atoms with Gasteiger partial charge in [-0.15, -0.1) is 0 Å². The number of methoxy groups -OCH3 is 1. The molecular formula is C24H32N2O2. The molecule has 0 amide bonds. The van der Waals surface area contributed by atoms with Gasteiger partial charge in [-0.2, -0.15) is 0 Å². The van der Waals surface area contributed by atoms with Gasteiger partial charge in [-0.05, 0) is 43.7 Å². The Morgan fingerprint density at radius 3 is 1.93 bits per heavy atom. The SMILES string of the molecule is COC(=O)C(C)NC1CCC(N(Cc2ccccc2)Cc2ccccc2)CC1. The summed E-state index contributed by atoms with van der Waals surface area (Å²) in [6.07, 6.45) is 4.47. The molecule has 3 rings (SSSR count). The minimum atomic E-state index is -0.240. The number of ether oxygens (including phenoxy) is 1. The van der Waals surface area contributed by atoms with E-state index in [9.17, 15) is 4.79 Å². The van der Waals surface area contributed by atoms with Crippen LogP contribution in [0, 0.1) is 0 Å². The zero-order valence-corrected chi connectivity index (χ0v) is 17.0. The predicted molar refractivity (Wildman–Crippen MR) is 113 cm³/mol. The number of benzene rings is 2. The van der Waals surface area contributed by atoms with Crippen molar-refractivity contribution in [3.63, 3.8) is 0 Å². The van der Waals surface area contributed by atoms with Crippen LogP contribution in [0.5, 0.6) is 0 Å². The summed E-state index contributed by atoms with van der Waals surface area (Å²) < 4.78 is 4.84. The molecule has 0 aromatic heterocycles. The van der Waals surface area contributed by atoms with Gasteiger partial charge in [0.2, 0.25) is 0 Å². The topological polar surface area (TPSA) is 41.6 Å². The maximum absolute atomic E-state index is 11.7. The van der Waals surface area contributed by atoms with Crippen molar-refractivity contribution in [2.75, 3.05) is 7.11 Å². The quantitative estimate of drug-likeness (QED) is 0.699. The molecule has 0 spiro atoms. The first-order valence-electron chi connectivity index (χ1n) is 10.3. The van der Waals surface area contributed by atoms with E-state index < -0.39 is 0 Å². The maximum atomic E-state index is 11.7. The van der Waals surface area contributed by atoms with Gasteiger partial charge in [0.05, 0.1) is 7.11 Å². The van der Waals surface area contributed by atoms with E-state index in [1.165, 1.54) is 18.2 Å². The standard InChI is InChI=1S/C24H32N2O2/c1-19(24(27)28-2)25-22-13-15-23(16-14-22)26(17-20-9-5-3-6-10-20)18-21-11-7-4-8-12-21/h3-12,19,22-23,25H,13-18H2,1-2H3. The van der Waals surface area contributed by atoms with Crippen molar-refractivity contribution in [2.24, 2.45) is 0 Å². The van der Waals surface area contributed by atoms with Crippen LogP contribution in [0.1, 0.15) is 43.7 Å². The van der Waals surface area contributed by atoms with E-state index in [2.05, 4.69) is 70.9 Å². The predicted octanol–water partition coefficient (Wildman–Crippen LogP) is 4.15. The van der Waals surface area contributed by atoms with Crippen LogP contribution in [0.4, 0.5) is 0 Å². The number of hydrogen-bond donors (Lipinski definition) is 1. The second-order valence-corrected chi connectivity index (χ2v) is 7.79.